The molecule has 3 aliphatic heterocycles. The summed E-state index contributed by atoms with van der Waals surface area (Å²) in [5, 5.41) is 9.48. The van der Waals surface area contributed by atoms with Crippen molar-refractivity contribution in [3.8, 4) is 0 Å². The topological polar surface area (TPSA) is 90.4 Å². The van der Waals surface area contributed by atoms with Crippen LogP contribution in [0.1, 0.15) is 71.3 Å². The molecule has 3 aliphatic rings. The van der Waals surface area contributed by atoms with E-state index in [0.29, 0.717) is 58.3 Å². The van der Waals surface area contributed by atoms with Crippen LogP contribution in [-0.2, 0) is 25.7 Å². The lowest BCUT2D eigenvalue weighted by atomic mass is 9.64. The molecule has 42 heavy (non-hydrogen) atoms. The molecule has 1 spiro atoms. The zero-order valence-corrected chi connectivity index (χ0v) is 25.7. The summed E-state index contributed by atoms with van der Waals surface area (Å²) < 4.78 is 6.98. The summed E-state index contributed by atoms with van der Waals surface area (Å²) in [6.07, 6.45) is 8.05. The van der Waals surface area contributed by atoms with Gasteiger partial charge in [-0.15, -0.1) is 13.2 Å². The van der Waals surface area contributed by atoms with E-state index in [4.69, 9.17) is 4.74 Å². The van der Waals surface area contributed by atoms with Crippen molar-refractivity contribution < 1.29 is 24.2 Å². The molecule has 0 saturated carbocycles. The molecule has 230 valence electrons. The van der Waals surface area contributed by atoms with Gasteiger partial charge in [0.15, 0.2) is 0 Å². The number of likely N-dealkylation sites (tertiary alicyclic amines) is 1. The standard InChI is InChI=1S/C34H49N3O5/c1-6-15-25(5)36(21-8-3)32(41)29-34-19-18-33(9-4,42-34)27(28(34)31(40)37(29)22-13-14-23-38)30(39)35(20-7-2)24-26-16-11-10-12-17-26/h7-8,10-12,16-17,25,27-29,38H,2-3,6,9,13-15,18-24H2,1,4-5H3/t25?,27-,28+,29?,33+,34?/m1/s1. The van der Waals surface area contributed by atoms with Crippen LogP contribution in [0.3, 0.4) is 0 Å². The molecule has 1 N–H and O–H groups in total. The van der Waals surface area contributed by atoms with E-state index in [9.17, 15) is 19.5 Å². The summed E-state index contributed by atoms with van der Waals surface area (Å²) in [6, 6.07) is 8.97. The van der Waals surface area contributed by atoms with Crippen molar-refractivity contribution in [2.75, 3.05) is 26.2 Å². The third-order valence-electron chi connectivity index (χ3n) is 9.71. The van der Waals surface area contributed by atoms with Gasteiger partial charge in [-0.3, -0.25) is 14.4 Å². The maximum Gasteiger partial charge on any atom is 0.248 e. The van der Waals surface area contributed by atoms with Gasteiger partial charge in [-0.2, -0.15) is 0 Å². The SMILES string of the molecule is C=CCN(Cc1ccccc1)C(=O)[C@H]1[C@H]2C(=O)N(CCCCO)C(C(=O)N(CC=C)C(C)CCC)C23CC[C@]1(CC)O3. The lowest BCUT2D eigenvalue weighted by Gasteiger charge is -2.39. The number of hydrogen-bond donors (Lipinski definition) is 1. The van der Waals surface area contributed by atoms with Gasteiger partial charge < -0.3 is 24.5 Å². The smallest absolute Gasteiger partial charge is 0.248 e. The summed E-state index contributed by atoms with van der Waals surface area (Å²) in [4.78, 5) is 48.8. The number of nitrogens with zero attached hydrogens (tertiary/aromatic N) is 3. The van der Waals surface area contributed by atoms with Crippen molar-refractivity contribution in [2.45, 2.75) is 95.5 Å². The quantitative estimate of drug-likeness (QED) is 0.233. The fraction of sp³-hybridized carbons (Fsp3) is 0.618. The van der Waals surface area contributed by atoms with Gasteiger partial charge in [-0.1, -0.05) is 62.8 Å². The molecular formula is C34H49N3O5. The molecule has 1 aromatic carbocycles. The number of amides is 3. The number of carbonyl (C=O) groups is 3. The Kier molecular flexibility index (Phi) is 10.3. The van der Waals surface area contributed by atoms with Crippen LogP contribution in [0.2, 0.25) is 0 Å². The van der Waals surface area contributed by atoms with Crippen LogP contribution in [0.25, 0.3) is 0 Å². The van der Waals surface area contributed by atoms with Gasteiger partial charge in [-0.05, 0) is 51.0 Å². The third kappa shape index (κ3) is 5.55. The van der Waals surface area contributed by atoms with E-state index in [0.717, 1.165) is 18.4 Å². The molecular weight excluding hydrogens is 530 g/mol. The Balaban J connectivity index is 1.77. The van der Waals surface area contributed by atoms with Crippen LogP contribution in [-0.4, -0.2) is 87.1 Å². The van der Waals surface area contributed by atoms with Gasteiger partial charge in [0.1, 0.15) is 11.6 Å². The lowest BCUT2D eigenvalue weighted by molar-refractivity contribution is -0.156. The van der Waals surface area contributed by atoms with E-state index >= 15 is 0 Å². The fourth-order valence-electron chi connectivity index (χ4n) is 7.75. The van der Waals surface area contributed by atoms with Crippen molar-refractivity contribution in [1.82, 2.24) is 14.7 Å². The second kappa shape index (κ2) is 13.6. The van der Waals surface area contributed by atoms with Crippen LogP contribution in [0.4, 0.5) is 0 Å². The van der Waals surface area contributed by atoms with Crippen LogP contribution in [0.15, 0.2) is 55.6 Å². The number of hydrogen-bond acceptors (Lipinski definition) is 5. The third-order valence-corrected chi connectivity index (χ3v) is 9.71. The van der Waals surface area contributed by atoms with Crippen molar-refractivity contribution in [2.24, 2.45) is 11.8 Å². The van der Waals surface area contributed by atoms with Gasteiger partial charge in [0.05, 0.1) is 17.4 Å². The monoisotopic (exact) mass is 579 g/mol. The van der Waals surface area contributed by atoms with Gasteiger partial charge in [0.2, 0.25) is 17.7 Å². The highest BCUT2D eigenvalue weighted by Crippen LogP contribution is 2.64. The van der Waals surface area contributed by atoms with Gasteiger partial charge in [-0.25, -0.2) is 0 Å². The molecule has 6 atom stereocenters. The number of aliphatic hydroxyl groups excluding tert-OH is 1. The number of ether oxygens (including phenoxy) is 1. The first-order chi connectivity index (χ1) is 20.2. The van der Waals surface area contributed by atoms with E-state index in [-0.39, 0.29) is 30.4 Å². The summed E-state index contributed by atoms with van der Waals surface area (Å²) in [5.74, 6) is -1.86. The zero-order valence-electron chi connectivity index (χ0n) is 25.7. The minimum absolute atomic E-state index is 0.0118. The van der Waals surface area contributed by atoms with E-state index in [1.807, 2.05) is 49.1 Å². The highest BCUT2D eigenvalue weighted by Gasteiger charge is 2.79. The van der Waals surface area contributed by atoms with Crippen molar-refractivity contribution in [3.63, 3.8) is 0 Å². The molecule has 3 unspecified atom stereocenters. The van der Waals surface area contributed by atoms with Crippen LogP contribution >= 0.6 is 0 Å². The summed E-state index contributed by atoms with van der Waals surface area (Å²) >= 11 is 0. The summed E-state index contributed by atoms with van der Waals surface area (Å²) in [7, 11) is 0. The average Bonchev–Trinajstić information content (AvgIpc) is 3.59. The highest BCUT2D eigenvalue weighted by molar-refractivity contribution is 5.99. The Morgan fingerprint density at radius 1 is 1.12 bits per heavy atom. The minimum Gasteiger partial charge on any atom is -0.396 e. The van der Waals surface area contributed by atoms with E-state index in [2.05, 4.69) is 20.1 Å². The second-order valence-corrected chi connectivity index (χ2v) is 12.2. The van der Waals surface area contributed by atoms with Crippen molar-refractivity contribution in [1.29, 1.82) is 0 Å². The Labute approximate surface area is 251 Å². The molecule has 3 saturated heterocycles. The maximum absolute atomic E-state index is 14.6. The second-order valence-electron chi connectivity index (χ2n) is 12.2. The first kappa shape index (κ1) is 32.0. The number of unbranched alkanes of at least 4 members (excludes halogenated alkanes) is 1. The van der Waals surface area contributed by atoms with Crippen molar-refractivity contribution >= 4 is 17.7 Å². The van der Waals surface area contributed by atoms with Gasteiger partial charge in [0.25, 0.3) is 0 Å². The summed E-state index contributed by atoms with van der Waals surface area (Å²) in [6.45, 7) is 15.4. The largest absolute Gasteiger partial charge is 0.396 e. The van der Waals surface area contributed by atoms with E-state index < -0.39 is 29.1 Å². The van der Waals surface area contributed by atoms with Crippen molar-refractivity contribution in [3.05, 3.63) is 61.2 Å². The van der Waals surface area contributed by atoms with Crippen LogP contribution in [0.5, 0.6) is 0 Å². The lowest BCUT2D eigenvalue weighted by Crippen LogP contribution is -2.58. The molecule has 3 heterocycles. The predicted octanol–water partition coefficient (Wildman–Crippen LogP) is 4.33. The maximum atomic E-state index is 14.6. The zero-order chi connectivity index (χ0) is 30.5. The number of benzene rings is 1. The highest BCUT2D eigenvalue weighted by atomic mass is 16.5. The van der Waals surface area contributed by atoms with Crippen LogP contribution in [0, 0.1) is 11.8 Å². The molecule has 8 nitrogen and oxygen atoms in total. The van der Waals surface area contributed by atoms with Gasteiger partial charge in [0, 0.05) is 38.8 Å². The Morgan fingerprint density at radius 2 is 1.83 bits per heavy atom. The molecule has 3 fully saturated rings. The first-order valence-corrected chi connectivity index (χ1v) is 15.7. The fourth-order valence-corrected chi connectivity index (χ4v) is 7.75. The molecule has 4 rings (SSSR count). The molecule has 2 bridgehead atoms. The molecule has 1 aromatic rings. The number of rotatable bonds is 16. The average molecular weight is 580 g/mol. The van der Waals surface area contributed by atoms with E-state index in [1.54, 1.807) is 22.0 Å². The van der Waals surface area contributed by atoms with Gasteiger partial charge >= 0.3 is 0 Å². The number of aliphatic hydroxyl groups is 1. The Morgan fingerprint density at radius 3 is 2.45 bits per heavy atom. The number of carbonyl (C=O) groups excluding carboxylic acids is 3. The molecule has 8 heteroatoms. The summed E-state index contributed by atoms with van der Waals surface area (Å²) in [5.41, 5.74) is -0.873. The first-order valence-electron chi connectivity index (χ1n) is 15.7. The number of fused-ring (bicyclic) bond motifs is 1. The molecule has 0 aromatic heterocycles. The normalized spacial score (nSPS) is 28.4. The molecule has 0 aliphatic carbocycles. The minimum atomic E-state index is -1.07. The Hall–Kier alpha value is -2.97. The van der Waals surface area contributed by atoms with E-state index in [1.165, 1.54) is 0 Å². The predicted molar refractivity (Wildman–Crippen MR) is 163 cm³/mol. The Bertz CT molecular complexity index is 1140. The molecule has 0 radical (unpaired) electrons. The van der Waals surface area contributed by atoms with Crippen LogP contribution < -0.4 is 0 Å². The molecule has 3 amide bonds.